The molecule has 0 spiro atoms. The zero-order valence-corrected chi connectivity index (χ0v) is 15.4. The minimum atomic E-state index is -0.991. The van der Waals surface area contributed by atoms with E-state index in [1.807, 2.05) is 0 Å². The van der Waals surface area contributed by atoms with E-state index in [2.05, 4.69) is 10.5 Å². The van der Waals surface area contributed by atoms with Gasteiger partial charge < -0.3 is 5.11 Å². The third-order valence-corrected chi connectivity index (χ3v) is 4.93. The Morgan fingerprint density at radius 3 is 2.33 bits per heavy atom. The number of carbonyl (C=O) groups is 1. The highest BCUT2D eigenvalue weighted by Gasteiger charge is 2.23. The second-order valence-corrected chi connectivity index (χ2v) is 6.79. The topological polar surface area (TPSA) is 191 Å². The lowest BCUT2D eigenvalue weighted by Crippen LogP contribution is -2.16. The smallest absolute Gasteiger partial charge is 0.318 e. The molecule has 30 heavy (non-hydrogen) atoms. The summed E-state index contributed by atoms with van der Waals surface area (Å²) in [5.74, 6) is -1.53. The molecule has 152 valence electrons. The number of hydrogen-bond acceptors (Lipinski definition) is 10. The Hall–Kier alpha value is -4.46. The summed E-state index contributed by atoms with van der Waals surface area (Å²) in [7, 11) is 0. The molecule has 0 radical (unpaired) electrons. The van der Waals surface area contributed by atoms with Gasteiger partial charge in [0.1, 0.15) is 0 Å². The summed E-state index contributed by atoms with van der Waals surface area (Å²) in [6.07, 6.45) is 0.825. The molecule has 13 nitrogen and oxygen atoms in total. The first-order valence-electron chi connectivity index (χ1n) is 7.84. The molecule has 0 fully saturated rings. The molecule has 14 heteroatoms. The second kappa shape index (κ2) is 7.88. The highest BCUT2D eigenvalue weighted by atomic mass is 32.1. The summed E-state index contributed by atoms with van der Waals surface area (Å²) >= 11 is 1.05. The summed E-state index contributed by atoms with van der Waals surface area (Å²) in [6, 6.07) is 6.99. The van der Waals surface area contributed by atoms with E-state index in [9.17, 15) is 40.2 Å². The zero-order chi connectivity index (χ0) is 22.0. The van der Waals surface area contributed by atoms with E-state index < -0.39 is 37.8 Å². The number of fused-ring (bicyclic) bond motifs is 1. The van der Waals surface area contributed by atoms with Gasteiger partial charge in [0.2, 0.25) is 5.75 Å². The molecule has 0 bridgehead atoms. The first-order valence-corrected chi connectivity index (χ1v) is 8.66. The molecule has 0 aliphatic heterocycles. The quantitative estimate of drug-likeness (QED) is 0.338. The number of phenols is 1. The maximum absolute atomic E-state index is 12.2. The van der Waals surface area contributed by atoms with Gasteiger partial charge in [-0.15, -0.1) is 11.3 Å². The normalized spacial score (nSPS) is 10.9. The maximum atomic E-state index is 12.2. The van der Waals surface area contributed by atoms with Crippen LogP contribution in [0.3, 0.4) is 0 Å². The Morgan fingerprint density at radius 1 is 1.00 bits per heavy atom. The Balaban J connectivity index is 1.84. The van der Waals surface area contributed by atoms with Crippen LogP contribution >= 0.6 is 11.3 Å². The number of rotatable bonds is 6. The lowest BCUT2D eigenvalue weighted by atomic mass is 10.1. The molecular weight excluding hydrogens is 422 g/mol. The minimum Gasteiger partial charge on any atom is -0.502 e. The van der Waals surface area contributed by atoms with E-state index in [0.29, 0.717) is 16.2 Å². The molecule has 0 atom stereocenters. The Morgan fingerprint density at radius 2 is 1.70 bits per heavy atom. The largest absolute Gasteiger partial charge is 0.502 e. The number of hydrazone groups is 1. The molecule has 0 aliphatic rings. The van der Waals surface area contributed by atoms with Gasteiger partial charge in [-0.05, 0) is 12.1 Å². The number of thiophene rings is 1. The maximum Gasteiger partial charge on any atom is 0.318 e. The molecule has 3 rings (SSSR count). The van der Waals surface area contributed by atoms with Crippen LogP contribution < -0.4 is 5.43 Å². The number of hydrogen-bond donors (Lipinski definition) is 2. The van der Waals surface area contributed by atoms with Gasteiger partial charge in [0, 0.05) is 28.3 Å². The van der Waals surface area contributed by atoms with Crippen LogP contribution in [0.25, 0.3) is 10.1 Å². The number of aromatic hydroxyl groups is 1. The summed E-state index contributed by atoms with van der Waals surface area (Å²) in [6.45, 7) is 0. The summed E-state index contributed by atoms with van der Waals surface area (Å²) < 4.78 is 0.627. The lowest BCUT2D eigenvalue weighted by Gasteiger charge is -2.01. The van der Waals surface area contributed by atoms with Gasteiger partial charge in [-0.1, -0.05) is 0 Å². The van der Waals surface area contributed by atoms with E-state index in [0.717, 1.165) is 23.6 Å². The number of carbonyl (C=O) groups excluding carboxylic acids is 1. The Bertz CT molecular complexity index is 1250. The molecule has 1 aromatic heterocycles. The van der Waals surface area contributed by atoms with Crippen molar-refractivity contribution >= 4 is 50.6 Å². The number of non-ortho nitro benzene ring substituents is 2. The van der Waals surface area contributed by atoms with Crippen LogP contribution in [-0.2, 0) is 0 Å². The molecule has 2 N–H and O–H groups in total. The molecule has 2 aromatic carbocycles. The average molecular weight is 431 g/mol. The van der Waals surface area contributed by atoms with Crippen molar-refractivity contribution in [1.29, 1.82) is 0 Å². The van der Waals surface area contributed by atoms with E-state index in [-0.39, 0.29) is 16.1 Å². The number of nitrogens with zero attached hydrogens (tertiary/aromatic N) is 4. The van der Waals surface area contributed by atoms with Gasteiger partial charge in [-0.3, -0.25) is 35.1 Å². The first-order chi connectivity index (χ1) is 14.2. The fourth-order valence-corrected chi connectivity index (χ4v) is 3.37. The molecule has 0 saturated heterocycles. The summed E-state index contributed by atoms with van der Waals surface area (Å²) in [5.41, 5.74) is 0.124. The Kier molecular flexibility index (Phi) is 5.33. The van der Waals surface area contributed by atoms with Crippen molar-refractivity contribution in [1.82, 2.24) is 5.43 Å². The van der Waals surface area contributed by atoms with Crippen LogP contribution in [0, 0.1) is 30.3 Å². The van der Waals surface area contributed by atoms with Crippen LogP contribution in [-0.4, -0.2) is 32.0 Å². The molecule has 0 saturated carbocycles. The second-order valence-electron chi connectivity index (χ2n) is 5.71. The fraction of sp³-hybridized carbons (Fsp3) is 0. The van der Waals surface area contributed by atoms with Crippen LogP contribution in [0.15, 0.2) is 41.5 Å². The van der Waals surface area contributed by atoms with E-state index in [1.165, 1.54) is 24.3 Å². The molecule has 3 aromatic rings. The molecular formula is C16H9N5O8S. The number of amides is 1. The van der Waals surface area contributed by atoms with Gasteiger partial charge in [0.25, 0.3) is 17.3 Å². The molecule has 1 heterocycles. The van der Waals surface area contributed by atoms with Crippen molar-refractivity contribution in [3.8, 4) is 5.75 Å². The molecule has 1 amide bonds. The molecule has 0 aliphatic carbocycles. The van der Waals surface area contributed by atoms with Crippen molar-refractivity contribution < 1.29 is 24.7 Å². The van der Waals surface area contributed by atoms with Crippen LogP contribution in [0.4, 0.5) is 17.1 Å². The predicted molar refractivity (Wildman–Crippen MR) is 105 cm³/mol. The van der Waals surface area contributed by atoms with Gasteiger partial charge in [-0.25, -0.2) is 5.43 Å². The lowest BCUT2D eigenvalue weighted by molar-refractivity contribution is -0.394. The van der Waals surface area contributed by atoms with Gasteiger partial charge in [0.15, 0.2) is 0 Å². The third kappa shape index (κ3) is 4.02. The van der Waals surface area contributed by atoms with Crippen LogP contribution in [0.5, 0.6) is 5.75 Å². The van der Waals surface area contributed by atoms with Gasteiger partial charge in [0.05, 0.1) is 37.5 Å². The summed E-state index contributed by atoms with van der Waals surface area (Å²) in [5, 5.41) is 46.6. The SMILES string of the molecule is O=C(NN=Cc1cc([N+](=O)[O-])cc([N+](=O)[O-])c1O)c1cc2cc([N+](=O)[O-])ccc2s1. The van der Waals surface area contributed by atoms with E-state index in [4.69, 9.17) is 0 Å². The van der Waals surface area contributed by atoms with Crippen molar-refractivity contribution in [3.05, 3.63) is 77.2 Å². The average Bonchev–Trinajstić information content (AvgIpc) is 3.12. The Labute approximate surface area is 169 Å². The van der Waals surface area contributed by atoms with Gasteiger partial charge >= 0.3 is 5.69 Å². The van der Waals surface area contributed by atoms with Crippen molar-refractivity contribution in [3.63, 3.8) is 0 Å². The highest BCUT2D eigenvalue weighted by Crippen LogP contribution is 2.33. The number of benzene rings is 2. The first kappa shape index (κ1) is 20.3. The zero-order valence-electron chi connectivity index (χ0n) is 14.5. The van der Waals surface area contributed by atoms with Gasteiger partial charge in [-0.2, -0.15) is 5.10 Å². The number of phenolic OH excluding ortho intramolecular Hbond substituents is 1. The van der Waals surface area contributed by atoms with Crippen LogP contribution in [0.2, 0.25) is 0 Å². The number of nitrogens with one attached hydrogen (secondary N) is 1. The predicted octanol–water partition coefficient (Wildman–Crippen LogP) is 3.10. The number of nitro groups is 3. The monoisotopic (exact) mass is 431 g/mol. The standard InChI is InChI=1S/C16H9N5O8S/c22-15-9(4-11(20(26)27)6-12(15)21(28)29)7-17-18-16(23)14-5-8-3-10(19(24)25)1-2-13(8)30-14/h1-7,22H,(H,18,23). The third-order valence-electron chi connectivity index (χ3n) is 3.82. The van der Waals surface area contributed by atoms with E-state index in [1.54, 1.807) is 0 Å². The minimum absolute atomic E-state index is 0.131. The fourth-order valence-electron chi connectivity index (χ4n) is 2.44. The highest BCUT2D eigenvalue weighted by molar-refractivity contribution is 7.20. The molecule has 0 unspecified atom stereocenters. The van der Waals surface area contributed by atoms with Crippen molar-refractivity contribution in [2.24, 2.45) is 5.10 Å². The van der Waals surface area contributed by atoms with Crippen LogP contribution in [0.1, 0.15) is 15.2 Å². The number of nitro benzene ring substituents is 3. The van der Waals surface area contributed by atoms with E-state index >= 15 is 0 Å². The van der Waals surface area contributed by atoms with Crippen molar-refractivity contribution in [2.45, 2.75) is 0 Å². The summed E-state index contributed by atoms with van der Waals surface area (Å²) in [4.78, 5) is 42.6. The van der Waals surface area contributed by atoms with Crippen molar-refractivity contribution in [2.75, 3.05) is 0 Å².